The van der Waals surface area contributed by atoms with Crippen LogP contribution in [0.3, 0.4) is 0 Å². The fourth-order valence-corrected chi connectivity index (χ4v) is 2.58. The summed E-state index contributed by atoms with van der Waals surface area (Å²) in [4.78, 5) is 33.2. The van der Waals surface area contributed by atoms with Gasteiger partial charge in [0.25, 0.3) is 13.6 Å². The zero-order valence-corrected chi connectivity index (χ0v) is 20.1. The van der Waals surface area contributed by atoms with Gasteiger partial charge in [-0.15, -0.1) is 10.0 Å². The Morgan fingerprint density at radius 2 is 1.00 bits per heavy atom. The summed E-state index contributed by atoms with van der Waals surface area (Å²) in [6.07, 6.45) is 4.20. The molecular weight excluding hydrogens is 440 g/mol. The summed E-state index contributed by atoms with van der Waals surface area (Å²) in [5, 5.41) is 32.3. The molecule has 0 unspecified atom stereocenters. The van der Waals surface area contributed by atoms with Crippen LogP contribution in [-0.2, 0) is 28.7 Å². The maximum atomic E-state index is 11.6. The van der Waals surface area contributed by atoms with Crippen molar-refractivity contribution in [1.29, 1.82) is 0 Å². The monoisotopic (exact) mass is 478 g/mol. The van der Waals surface area contributed by atoms with Crippen molar-refractivity contribution in [2.45, 2.75) is 72.6 Å². The zero-order valence-electron chi connectivity index (χ0n) is 20.1. The topological polar surface area (TPSA) is 154 Å². The summed E-state index contributed by atoms with van der Waals surface area (Å²) in [5.41, 5.74) is 0. The second kappa shape index (κ2) is 19.6. The Kier molecular flexibility index (Phi) is 17.8. The van der Waals surface area contributed by atoms with E-state index in [1.807, 2.05) is 0 Å². The molecule has 0 aromatic carbocycles. The minimum Gasteiger partial charge on any atom is -0.569 e. The number of ether oxygens (including phenoxy) is 2. The third kappa shape index (κ3) is 15.4. The number of rotatable bonds is 20. The Morgan fingerprint density at radius 3 is 1.33 bits per heavy atom. The van der Waals surface area contributed by atoms with E-state index in [2.05, 4.69) is 20.2 Å². The van der Waals surface area contributed by atoms with Crippen LogP contribution in [0, 0.1) is 10.4 Å². The molecule has 0 fully saturated rings. The van der Waals surface area contributed by atoms with Crippen LogP contribution in [0.15, 0.2) is 10.6 Å². The van der Waals surface area contributed by atoms with E-state index in [4.69, 9.17) is 9.47 Å². The first-order valence-corrected chi connectivity index (χ1v) is 11.3. The van der Waals surface area contributed by atoms with Gasteiger partial charge < -0.3 is 29.6 Å². The van der Waals surface area contributed by atoms with Gasteiger partial charge in [0.15, 0.2) is 0 Å². The first kappa shape index (κ1) is 29.9. The van der Waals surface area contributed by atoms with Gasteiger partial charge in [0.1, 0.15) is 0 Å². The van der Waals surface area contributed by atoms with Crippen LogP contribution in [0.25, 0.3) is 0 Å². The quantitative estimate of drug-likeness (QED) is 0.0636. The van der Waals surface area contributed by atoms with Gasteiger partial charge in [-0.25, -0.2) is 0 Å². The van der Waals surface area contributed by atoms with Crippen molar-refractivity contribution in [2.75, 3.05) is 39.8 Å². The third-order valence-corrected chi connectivity index (χ3v) is 4.51. The highest BCUT2D eigenvalue weighted by Crippen LogP contribution is 2.08. The molecule has 0 aromatic rings. The molecule has 0 N–H and O–H groups in total. The largest absolute Gasteiger partial charge is 0.569 e. The lowest BCUT2D eigenvalue weighted by Crippen LogP contribution is -2.30. The van der Waals surface area contributed by atoms with Gasteiger partial charge in [-0.3, -0.25) is 9.59 Å². The average Bonchev–Trinajstić information content (AvgIpc) is 2.80. The molecule has 33 heavy (non-hydrogen) atoms. The first-order valence-electron chi connectivity index (χ1n) is 11.3. The van der Waals surface area contributed by atoms with Gasteiger partial charge in [0.2, 0.25) is 10.6 Å². The number of hydrogen-bond donors (Lipinski definition) is 0. The number of hydrazine groups is 2. The number of unbranched alkanes of at least 4 members (excludes halogenated alkanes) is 4. The predicted octanol–water partition coefficient (Wildman–Crippen LogP) is 3.02. The standard InChI is InChI=1S/C19H38N6O8/c1-5-22(6-2)24(28)20-32-16-30-18(26)14-12-10-9-11-13-15-19(27)31-17-33-21-25(29)23(7-3)8-4/h5-17H2,1-4H3/b24-20-,25-21-. The zero-order chi connectivity index (χ0) is 24.9. The average molecular weight is 479 g/mol. The van der Waals surface area contributed by atoms with Crippen molar-refractivity contribution in [3.05, 3.63) is 10.4 Å². The third-order valence-electron chi connectivity index (χ3n) is 4.51. The smallest absolute Gasteiger partial charge is 0.308 e. The Bertz CT molecular complexity index is 547. The van der Waals surface area contributed by atoms with Crippen LogP contribution in [0.2, 0.25) is 0 Å². The van der Waals surface area contributed by atoms with Crippen LogP contribution in [0.4, 0.5) is 0 Å². The highest BCUT2D eigenvalue weighted by Gasteiger charge is 2.09. The molecule has 192 valence electrons. The molecule has 14 heteroatoms. The second-order valence-electron chi connectivity index (χ2n) is 6.74. The van der Waals surface area contributed by atoms with Gasteiger partial charge in [-0.1, -0.05) is 19.3 Å². The molecule has 0 saturated heterocycles. The van der Waals surface area contributed by atoms with Gasteiger partial charge in [-0.05, 0) is 40.5 Å². The lowest BCUT2D eigenvalue weighted by molar-refractivity contribution is -0.710. The van der Waals surface area contributed by atoms with Gasteiger partial charge in [0.05, 0.1) is 36.1 Å². The summed E-state index contributed by atoms with van der Waals surface area (Å²) in [6.45, 7) is 8.33. The molecule has 0 aromatic heterocycles. The van der Waals surface area contributed by atoms with Crippen molar-refractivity contribution in [3.8, 4) is 0 Å². The van der Waals surface area contributed by atoms with Crippen molar-refractivity contribution in [2.24, 2.45) is 10.6 Å². The molecule has 0 bridgehead atoms. The summed E-state index contributed by atoms with van der Waals surface area (Å²) < 4.78 is 9.68. The van der Waals surface area contributed by atoms with E-state index in [9.17, 15) is 20.0 Å². The van der Waals surface area contributed by atoms with Crippen LogP contribution in [0.5, 0.6) is 0 Å². The lowest BCUT2D eigenvalue weighted by atomic mass is 10.1. The second-order valence-corrected chi connectivity index (χ2v) is 6.74. The van der Waals surface area contributed by atoms with E-state index in [0.717, 1.165) is 19.3 Å². The van der Waals surface area contributed by atoms with Gasteiger partial charge in [-0.2, -0.15) is 0 Å². The SMILES string of the molecule is CCN(CC)/[N+]([O-])=N/OCOC(=O)CCCCCCCC(=O)OCO/N=[N+](\[O-])N(CC)CC. The highest BCUT2D eigenvalue weighted by molar-refractivity contribution is 5.69. The minimum absolute atomic E-state index is 0.230. The van der Waals surface area contributed by atoms with Crippen LogP contribution < -0.4 is 0 Å². The Morgan fingerprint density at radius 1 is 0.667 bits per heavy atom. The van der Waals surface area contributed by atoms with Crippen molar-refractivity contribution >= 4 is 11.9 Å². The molecular formula is C19H38N6O8. The number of esters is 2. The molecule has 0 saturated carbocycles. The van der Waals surface area contributed by atoms with Gasteiger partial charge in [0, 0.05) is 12.8 Å². The molecule has 0 aliphatic rings. The summed E-state index contributed by atoms with van der Waals surface area (Å²) in [5.74, 6) is -0.866. The number of nitrogens with zero attached hydrogens (tertiary/aromatic N) is 6. The lowest BCUT2D eigenvalue weighted by Gasteiger charge is -2.13. The summed E-state index contributed by atoms with van der Waals surface area (Å²) >= 11 is 0. The van der Waals surface area contributed by atoms with E-state index in [-0.39, 0.29) is 12.8 Å². The number of carbonyl (C=O) groups is 2. The fraction of sp³-hybridized carbons (Fsp3) is 0.895. The minimum atomic E-state index is -0.433. The van der Waals surface area contributed by atoms with Gasteiger partial charge >= 0.3 is 11.9 Å². The Balaban J connectivity index is 3.67. The molecule has 0 rings (SSSR count). The molecule has 0 heterocycles. The maximum absolute atomic E-state index is 11.6. The van der Waals surface area contributed by atoms with E-state index < -0.39 is 25.5 Å². The van der Waals surface area contributed by atoms with Crippen molar-refractivity contribution in [1.82, 2.24) is 10.0 Å². The van der Waals surface area contributed by atoms with Crippen LogP contribution >= 0.6 is 0 Å². The van der Waals surface area contributed by atoms with Crippen molar-refractivity contribution < 1.29 is 38.7 Å². The Labute approximate surface area is 194 Å². The van der Waals surface area contributed by atoms with Crippen LogP contribution in [0.1, 0.15) is 72.6 Å². The first-order chi connectivity index (χ1) is 15.9. The highest BCUT2D eigenvalue weighted by atomic mass is 16.8. The molecule has 0 amide bonds. The maximum Gasteiger partial charge on any atom is 0.308 e. The number of carbonyl (C=O) groups excluding carboxylic acids is 2. The summed E-state index contributed by atoms with van der Waals surface area (Å²) in [6, 6.07) is 0. The molecule has 0 radical (unpaired) electrons. The summed E-state index contributed by atoms with van der Waals surface area (Å²) in [7, 11) is 0. The van der Waals surface area contributed by atoms with Crippen LogP contribution in [-0.4, -0.2) is 71.7 Å². The molecule has 0 atom stereocenters. The predicted molar refractivity (Wildman–Crippen MR) is 114 cm³/mol. The molecule has 0 aliphatic carbocycles. The number of hydrogen-bond acceptors (Lipinski definition) is 10. The van der Waals surface area contributed by atoms with E-state index in [1.165, 1.54) is 10.0 Å². The molecule has 0 aliphatic heterocycles. The van der Waals surface area contributed by atoms with E-state index in [0.29, 0.717) is 49.0 Å². The van der Waals surface area contributed by atoms with Crippen molar-refractivity contribution in [3.63, 3.8) is 0 Å². The van der Waals surface area contributed by atoms with E-state index >= 15 is 0 Å². The molecule has 14 nitrogen and oxygen atoms in total. The fourth-order valence-electron chi connectivity index (χ4n) is 2.58. The Hall–Kier alpha value is -3.06. The van der Waals surface area contributed by atoms with E-state index in [1.54, 1.807) is 27.7 Å². The molecule has 0 spiro atoms. The normalized spacial score (nSPS) is 11.6.